The smallest absolute Gasteiger partial charge is 0.237 e. The number of halogens is 1. The average Bonchev–Trinajstić information content (AvgIpc) is 2.38. The van der Waals surface area contributed by atoms with Crippen molar-refractivity contribution in [3.63, 3.8) is 0 Å². The first-order chi connectivity index (χ1) is 8.24. The molecule has 2 N–H and O–H groups in total. The van der Waals surface area contributed by atoms with Crippen LogP contribution in [0.15, 0.2) is 36.7 Å². The fraction of sp³-hybridized carbons (Fsp3) is 0.167. The van der Waals surface area contributed by atoms with E-state index in [1.54, 1.807) is 18.2 Å². The van der Waals surface area contributed by atoms with Gasteiger partial charge in [0.2, 0.25) is 5.88 Å². The lowest BCUT2D eigenvalue weighted by atomic mass is 10.0. The normalized spacial score (nSPS) is 12.2. The number of aromatic nitrogens is 2. The van der Waals surface area contributed by atoms with Gasteiger partial charge in [-0.05, 0) is 6.07 Å². The summed E-state index contributed by atoms with van der Waals surface area (Å²) in [6, 6.07) is 5.62. The molecule has 17 heavy (non-hydrogen) atoms. The van der Waals surface area contributed by atoms with Gasteiger partial charge in [0.25, 0.3) is 0 Å². The maximum Gasteiger partial charge on any atom is 0.237 e. The summed E-state index contributed by atoms with van der Waals surface area (Å²) in [6.45, 7) is 0. The van der Waals surface area contributed by atoms with E-state index in [0.717, 1.165) is 0 Å². The maximum atomic E-state index is 13.6. The van der Waals surface area contributed by atoms with Gasteiger partial charge in [-0.25, -0.2) is 9.37 Å². The second-order valence-electron chi connectivity index (χ2n) is 3.45. The van der Waals surface area contributed by atoms with Gasteiger partial charge in [-0.2, -0.15) is 0 Å². The molecule has 1 unspecified atom stereocenters. The Morgan fingerprint density at radius 2 is 1.94 bits per heavy atom. The molecule has 2 aromatic rings. The van der Waals surface area contributed by atoms with Crippen molar-refractivity contribution in [2.75, 3.05) is 7.11 Å². The summed E-state index contributed by atoms with van der Waals surface area (Å²) in [6.07, 6.45) is 3.00. The van der Waals surface area contributed by atoms with Crippen LogP contribution in [0.3, 0.4) is 0 Å². The van der Waals surface area contributed by atoms with Crippen molar-refractivity contribution in [1.82, 2.24) is 9.97 Å². The molecule has 0 saturated carbocycles. The van der Waals surface area contributed by atoms with E-state index in [2.05, 4.69) is 9.97 Å². The molecule has 0 radical (unpaired) electrons. The lowest BCUT2D eigenvalue weighted by Crippen LogP contribution is -2.16. The zero-order valence-electron chi connectivity index (χ0n) is 9.30. The lowest BCUT2D eigenvalue weighted by molar-refractivity contribution is 0.386. The minimum atomic E-state index is -0.695. The van der Waals surface area contributed by atoms with Gasteiger partial charge in [-0.1, -0.05) is 18.2 Å². The molecular weight excluding hydrogens is 221 g/mol. The van der Waals surface area contributed by atoms with Crippen LogP contribution in [-0.2, 0) is 0 Å². The van der Waals surface area contributed by atoms with Crippen LogP contribution < -0.4 is 10.5 Å². The Morgan fingerprint density at radius 3 is 2.65 bits per heavy atom. The largest absolute Gasteiger partial charge is 0.480 e. The highest BCUT2D eigenvalue weighted by Gasteiger charge is 2.19. The van der Waals surface area contributed by atoms with Crippen molar-refractivity contribution >= 4 is 0 Å². The standard InChI is InChI=1S/C12H12FN3O/c1-17-12-11(15-6-7-16-12)10(14)8-4-2-3-5-9(8)13/h2-7,10H,14H2,1H3. The van der Waals surface area contributed by atoms with Crippen molar-refractivity contribution in [1.29, 1.82) is 0 Å². The number of hydrogen-bond acceptors (Lipinski definition) is 4. The van der Waals surface area contributed by atoms with Crippen LogP contribution in [0.4, 0.5) is 4.39 Å². The van der Waals surface area contributed by atoms with Gasteiger partial charge in [0.05, 0.1) is 13.2 Å². The summed E-state index contributed by atoms with van der Waals surface area (Å²) in [7, 11) is 1.47. The molecule has 1 aromatic carbocycles. The first-order valence-corrected chi connectivity index (χ1v) is 5.09. The molecule has 0 saturated heterocycles. The van der Waals surface area contributed by atoms with E-state index >= 15 is 0 Å². The Labute approximate surface area is 98.3 Å². The number of nitrogens with zero attached hydrogens (tertiary/aromatic N) is 2. The molecule has 0 bridgehead atoms. The molecule has 0 amide bonds. The minimum Gasteiger partial charge on any atom is -0.480 e. The molecule has 88 valence electrons. The Morgan fingerprint density at radius 1 is 1.24 bits per heavy atom. The van der Waals surface area contributed by atoms with Crippen LogP contribution in [0.2, 0.25) is 0 Å². The third kappa shape index (κ3) is 2.24. The molecule has 2 rings (SSSR count). The summed E-state index contributed by atoms with van der Waals surface area (Å²) >= 11 is 0. The summed E-state index contributed by atoms with van der Waals surface area (Å²) in [5.74, 6) is -0.0593. The van der Waals surface area contributed by atoms with Crippen molar-refractivity contribution in [2.45, 2.75) is 6.04 Å². The minimum absolute atomic E-state index is 0.309. The van der Waals surface area contributed by atoms with Gasteiger partial charge in [0.15, 0.2) is 0 Å². The molecule has 5 heteroatoms. The molecule has 0 aliphatic rings. The van der Waals surface area contributed by atoms with E-state index in [-0.39, 0.29) is 5.82 Å². The van der Waals surface area contributed by atoms with Crippen LogP contribution in [0.25, 0.3) is 0 Å². The maximum absolute atomic E-state index is 13.6. The van der Waals surface area contributed by atoms with Gasteiger partial charge in [0, 0.05) is 18.0 Å². The lowest BCUT2D eigenvalue weighted by Gasteiger charge is -2.14. The van der Waals surface area contributed by atoms with Gasteiger partial charge >= 0.3 is 0 Å². The van der Waals surface area contributed by atoms with Gasteiger partial charge < -0.3 is 10.5 Å². The Balaban J connectivity index is 2.44. The number of ether oxygens (including phenoxy) is 1. The van der Waals surface area contributed by atoms with Crippen molar-refractivity contribution in [3.8, 4) is 5.88 Å². The molecule has 1 atom stereocenters. The molecule has 1 heterocycles. The quantitative estimate of drug-likeness (QED) is 0.876. The zero-order chi connectivity index (χ0) is 12.3. The van der Waals surface area contributed by atoms with Gasteiger partial charge in [-0.3, -0.25) is 4.98 Å². The predicted molar refractivity (Wildman–Crippen MR) is 61.0 cm³/mol. The topological polar surface area (TPSA) is 61.0 Å². The van der Waals surface area contributed by atoms with Crippen LogP contribution in [-0.4, -0.2) is 17.1 Å². The van der Waals surface area contributed by atoms with E-state index < -0.39 is 6.04 Å². The number of nitrogens with two attached hydrogens (primary N) is 1. The van der Waals surface area contributed by atoms with Crippen LogP contribution in [0, 0.1) is 5.82 Å². The highest BCUT2D eigenvalue weighted by molar-refractivity contribution is 5.32. The fourth-order valence-electron chi connectivity index (χ4n) is 1.58. The highest BCUT2D eigenvalue weighted by atomic mass is 19.1. The monoisotopic (exact) mass is 233 g/mol. The second kappa shape index (κ2) is 4.88. The van der Waals surface area contributed by atoms with Crippen molar-refractivity contribution in [2.24, 2.45) is 5.73 Å². The number of hydrogen-bond donors (Lipinski definition) is 1. The molecular formula is C12H12FN3O. The van der Waals surface area contributed by atoms with Crippen molar-refractivity contribution < 1.29 is 9.13 Å². The third-order valence-electron chi connectivity index (χ3n) is 2.42. The Kier molecular flexibility index (Phi) is 3.30. The van der Waals surface area contributed by atoms with E-state index in [4.69, 9.17) is 10.5 Å². The van der Waals surface area contributed by atoms with E-state index in [9.17, 15) is 4.39 Å². The Hall–Kier alpha value is -2.01. The summed E-state index contributed by atoms with van der Waals surface area (Å²) in [4.78, 5) is 8.07. The predicted octanol–water partition coefficient (Wildman–Crippen LogP) is 1.67. The second-order valence-corrected chi connectivity index (χ2v) is 3.45. The van der Waals surface area contributed by atoms with Crippen molar-refractivity contribution in [3.05, 3.63) is 53.7 Å². The Bertz CT molecular complexity index is 519. The van der Waals surface area contributed by atoms with Crippen LogP contribution in [0.1, 0.15) is 17.3 Å². The van der Waals surface area contributed by atoms with Crippen LogP contribution in [0.5, 0.6) is 5.88 Å². The summed E-state index contributed by atoms with van der Waals surface area (Å²) < 4.78 is 18.6. The summed E-state index contributed by atoms with van der Waals surface area (Å²) in [5.41, 5.74) is 6.75. The highest BCUT2D eigenvalue weighted by Crippen LogP contribution is 2.25. The zero-order valence-corrected chi connectivity index (χ0v) is 9.30. The van der Waals surface area contributed by atoms with E-state index in [0.29, 0.717) is 17.1 Å². The number of rotatable bonds is 3. The molecule has 0 aliphatic carbocycles. The SMILES string of the molecule is COc1nccnc1C(N)c1ccccc1F. The molecule has 4 nitrogen and oxygen atoms in total. The third-order valence-corrected chi connectivity index (χ3v) is 2.42. The summed E-state index contributed by atoms with van der Waals surface area (Å²) in [5, 5.41) is 0. The molecule has 0 fully saturated rings. The number of methoxy groups -OCH3 is 1. The van der Waals surface area contributed by atoms with E-state index in [1.165, 1.54) is 25.6 Å². The molecule has 1 aromatic heterocycles. The molecule has 0 spiro atoms. The molecule has 0 aliphatic heterocycles. The first kappa shape index (κ1) is 11.5. The number of benzene rings is 1. The van der Waals surface area contributed by atoms with E-state index in [1.807, 2.05) is 0 Å². The van der Waals surface area contributed by atoms with Crippen LogP contribution >= 0.6 is 0 Å². The van der Waals surface area contributed by atoms with Gasteiger partial charge in [-0.15, -0.1) is 0 Å². The first-order valence-electron chi connectivity index (χ1n) is 5.09. The van der Waals surface area contributed by atoms with Gasteiger partial charge in [0.1, 0.15) is 11.5 Å². The average molecular weight is 233 g/mol. The fourth-order valence-corrected chi connectivity index (χ4v) is 1.58.